The monoisotopic (exact) mass is 538 g/mol. The molecule has 2 aliphatic rings. The molecule has 2 N–H and O–H groups in total. The van der Waals surface area contributed by atoms with E-state index in [1.165, 1.54) is 0 Å². The molecule has 0 saturated carbocycles. The quantitative estimate of drug-likeness (QED) is 0.517. The van der Waals surface area contributed by atoms with Gasteiger partial charge in [-0.05, 0) is 51.2 Å². The van der Waals surface area contributed by atoms with Gasteiger partial charge in [-0.3, -0.25) is 14.4 Å². The summed E-state index contributed by atoms with van der Waals surface area (Å²) in [5.41, 5.74) is 1.69. The first-order valence-corrected chi connectivity index (χ1v) is 13.2. The van der Waals surface area contributed by atoms with Crippen molar-refractivity contribution in [1.82, 2.24) is 25.1 Å². The third kappa shape index (κ3) is 6.75. The number of hydrogen-bond donors (Lipinski definition) is 2. The molecule has 0 spiro atoms. The summed E-state index contributed by atoms with van der Waals surface area (Å²) in [5.74, 6) is 1.18. The zero-order valence-electron chi connectivity index (χ0n) is 23.4. The molecule has 3 amide bonds. The molecule has 1 aromatic carbocycles. The number of rotatable bonds is 8. The van der Waals surface area contributed by atoms with Crippen molar-refractivity contribution in [3.05, 3.63) is 30.0 Å². The van der Waals surface area contributed by atoms with Gasteiger partial charge in [-0.2, -0.15) is 4.98 Å². The van der Waals surface area contributed by atoms with Gasteiger partial charge in [0, 0.05) is 58.7 Å². The van der Waals surface area contributed by atoms with E-state index in [-0.39, 0.29) is 23.8 Å². The zero-order chi connectivity index (χ0) is 28.1. The number of amides is 3. The number of benzene rings is 1. The number of carbonyl (C=O) groups is 3. The summed E-state index contributed by atoms with van der Waals surface area (Å²) in [6.45, 7) is 2.79. The molecular weight excluding hydrogens is 500 g/mol. The van der Waals surface area contributed by atoms with Gasteiger partial charge in [0.05, 0.1) is 19.0 Å². The fourth-order valence-electron chi connectivity index (χ4n) is 4.68. The van der Waals surface area contributed by atoms with E-state index in [1.54, 1.807) is 62.4 Å². The van der Waals surface area contributed by atoms with Crippen molar-refractivity contribution < 1.29 is 19.1 Å². The average Bonchev–Trinajstić information content (AvgIpc) is 3.04. The van der Waals surface area contributed by atoms with Crippen LogP contribution in [0.3, 0.4) is 0 Å². The number of nitrogens with zero attached hydrogens (tertiary/aromatic N) is 6. The van der Waals surface area contributed by atoms with Crippen LogP contribution in [0.1, 0.15) is 36.0 Å². The number of nitrogens with one attached hydrogen (secondary N) is 2. The van der Waals surface area contributed by atoms with Crippen LogP contribution >= 0.6 is 0 Å². The number of ether oxygens (including phenoxy) is 1. The van der Waals surface area contributed by atoms with E-state index >= 15 is 0 Å². The highest BCUT2D eigenvalue weighted by Crippen LogP contribution is 2.33. The van der Waals surface area contributed by atoms with E-state index in [4.69, 9.17) is 9.72 Å². The number of methoxy groups -OCH3 is 1. The van der Waals surface area contributed by atoms with Crippen LogP contribution in [0.2, 0.25) is 0 Å². The Morgan fingerprint density at radius 1 is 1.15 bits per heavy atom. The smallest absolute Gasteiger partial charge is 0.251 e. The van der Waals surface area contributed by atoms with Gasteiger partial charge in [-0.1, -0.05) is 0 Å². The summed E-state index contributed by atoms with van der Waals surface area (Å²) in [7, 11) is 8.77. The highest BCUT2D eigenvalue weighted by atomic mass is 16.5. The topological polar surface area (TPSA) is 123 Å². The molecule has 0 unspecified atom stereocenters. The van der Waals surface area contributed by atoms with E-state index in [0.717, 1.165) is 25.9 Å². The first-order valence-electron chi connectivity index (χ1n) is 13.2. The summed E-state index contributed by atoms with van der Waals surface area (Å²) in [4.78, 5) is 54.1. The van der Waals surface area contributed by atoms with Gasteiger partial charge in [0.2, 0.25) is 17.8 Å². The van der Waals surface area contributed by atoms with Crippen molar-refractivity contribution >= 4 is 40.9 Å². The van der Waals surface area contributed by atoms with Gasteiger partial charge in [0.15, 0.2) is 5.82 Å². The molecule has 0 aliphatic carbocycles. The summed E-state index contributed by atoms with van der Waals surface area (Å²) < 4.78 is 5.57. The minimum atomic E-state index is -0.133. The Kier molecular flexibility index (Phi) is 8.85. The molecule has 210 valence electrons. The summed E-state index contributed by atoms with van der Waals surface area (Å²) in [6.07, 6.45) is 4.06. The Balaban J connectivity index is 1.53. The second-order valence-corrected chi connectivity index (χ2v) is 10.2. The van der Waals surface area contributed by atoms with Crippen LogP contribution in [0.15, 0.2) is 24.4 Å². The predicted octanol–water partition coefficient (Wildman–Crippen LogP) is 1.70. The Morgan fingerprint density at radius 3 is 2.59 bits per heavy atom. The van der Waals surface area contributed by atoms with E-state index in [2.05, 4.69) is 27.6 Å². The van der Waals surface area contributed by atoms with Crippen LogP contribution in [-0.4, -0.2) is 105 Å². The maximum absolute atomic E-state index is 12.9. The molecule has 4 rings (SSSR count). The number of fused-ring (bicyclic) bond motifs is 1. The van der Waals surface area contributed by atoms with E-state index in [9.17, 15) is 14.4 Å². The standard InChI is InChI=1S/C27H38N8O4/c1-32(2)23(36)10-14-35-15-11-24(37)34(4)21-17-28-27(31-25(21)35)30-20-7-6-18(16-22(20)39-5)26(38)29-19-8-12-33(3)13-9-19/h6-7,16-17,19H,8-15H2,1-5H3,(H,29,38)(H,28,30,31). The molecule has 12 heteroatoms. The number of likely N-dealkylation sites (tertiary alicyclic amines) is 1. The van der Waals surface area contributed by atoms with Gasteiger partial charge < -0.3 is 35.0 Å². The van der Waals surface area contributed by atoms with Gasteiger partial charge in [-0.25, -0.2) is 4.98 Å². The molecule has 2 aliphatic heterocycles. The third-order valence-electron chi connectivity index (χ3n) is 7.24. The maximum atomic E-state index is 12.9. The lowest BCUT2D eigenvalue weighted by Gasteiger charge is -2.29. The zero-order valence-corrected chi connectivity index (χ0v) is 23.4. The second-order valence-electron chi connectivity index (χ2n) is 10.2. The number of hydrogen-bond acceptors (Lipinski definition) is 9. The lowest BCUT2D eigenvalue weighted by atomic mass is 10.0. The fraction of sp³-hybridized carbons (Fsp3) is 0.519. The van der Waals surface area contributed by atoms with Gasteiger partial charge >= 0.3 is 0 Å². The minimum Gasteiger partial charge on any atom is -0.495 e. The molecule has 0 bridgehead atoms. The highest BCUT2D eigenvalue weighted by Gasteiger charge is 2.27. The van der Waals surface area contributed by atoms with Crippen molar-refractivity contribution in [2.24, 2.45) is 0 Å². The molecule has 3 heterocycles. The van der Waals surface area contributed by atoms with Crippen molar-refractivity contribution in [2.45, 2.75) is 31.7 Å². The van der Waals surface area contributed by atoms with E-state index < -0.39 is 0 Å². The van der Waals surface area contributed by atoms with Crippen molar-refractivity contribution in [3.8, 4) is 5.75 Å². The maximum Gasteiger partial charge on any atom is 0.251 e. The van der Waals surface area contributed by atoms with Gasteiger partial charge in [-0.15, -0.1) is 0 Å². The van der Waals surface area contributed by atoms with Gasteiger partial charge in [0.25, 0.3) is 5.91 Å². The van der Waals surface area contributed by atoms with Crippen LogP contribution in [0, 0.1) is 0 Å². The first-order chi connectivity index (χ1) is 18.7. The van der Waals surface area contributed by atoms with Crippen molar-refractivity contribution in [2.75, 3.05) is 76.6 Å². The van der Waals surface area contributed by atoms with Crippen LogP contribution in [0.5, 0.6) is 5.75 Å². The fourth-order valence-corrected chi connectivity index (χ4v) is 4.68. The number of anilines is 4. The number of carbonyl (C=O) groups excluding carboxylic acids is 3. The molecule has 12 nitrogen and oxygen atoms in total. The third-order valence-corrected chi connectivity index (χ3v) is 7.24. The number of piperidine rings is 1. The van der Waals surface area contributed by atoms with Gasteiger partial charge in [0.1, 0.15) is 11.4 Å². The molecule has 2 aromatic rings. The molecule has 1 fully saturated rings. The number of aromatic nitrogens is 2. The lowest BCUT2D eigenvalue weighted by molar-refractivity contribution is -0.128. The molecular formula is C27H38N8O4. The SMILES string of the molecule is COc1cc(C(=O)NC2CCN(C)CC2)ccc1Nc1ncc2c(n1)N(CCC(=O)N(C)C)CCC(=O)N2C. The second kappa shape index (κ2) is 12.3. The van der Waals surface area contributed by atoms with E-state index in [0.29, 0.717) is 60.4 Å². The van der Waals surface area contributed by atoms with Crippen LogP contribution in [0.4, 0.5) is 23.1 Å². The first kappa shape index (κ1) is 28.1. The molecule has 39 heavy (non-hydrogen) atoms. The normalized spacial score (nSPS) is 16.4. The molecule has 0 radical (unpaired) electrons. The molecule has 1 saturated heterocycles. The summed E-state index contributed by atoms with van der Waals surface area (Å²) in [5, 5.41) is 6.31. The van der Waals surface area contributed by atoms with Crippen LogP contribution in [-0.2, 0) is 9.59 Å². The Labute approximate surface area is 229 Å². The highest BCUT2D eigenvalue weighted by molar-refractivity contribution is 5.97. The Bertz CT molecular complexity index is 1210. The molecule has 1 aromatic heterocycles. The lowest BCUT2D eigenvalue weighted by Crippen LogP contribution is -2.43. The van der Waals surface area contributed by atoms with Crippen LogP contribution < -0.4 is 25.2 Å². The molecule has 0 atom stereocenters. The Morgan fingerprint density at radius 2 is 1.90 bits per heavy atom. The van der Waals surface area contributed by atoms with E-state index in [1.807, 2.05) is 4.90 Å². The van der Waals surface area contributed by atoms with Crippen molar-refractivity contribution in [1.29, 1.82) is 0 Å². The average molecular weight is 539 g/mol. The largest absolute Gasteiger partial charge is 0.495 e. The minimum absolute atomic E-state index is 0.00225. The predicted molar refractivity (Wildman–Crippen MR) is 150 cm³/mol. The summed E-state index contributed by atoms with van der Waals surface area (Å²) >= 11 is 0. The summed E-state index contributed by atoms with van der Waals surface area (Å²) in [6, 6.07) is 5.36. The van der Waals surface area contributed by atoms with Crippen molar-refractivity contribution in [3.63, 3.8) is 0 Å². The van der Waals surface area contributed by atoms with Crippen LogP contribution in [0.25, 0.3) is 0 Å². The Hall–Kier alpha value is -3.93.